The number of hydrogen-bond donors (Lipinski definition) is 2. The first-order chi connectivity index (χ1) is 14.7. The van der Waals surface area contributed by atoms with Gasteiger partial charge in [0.2, 0.25) is 0 Å². The average Bonchev–Trinajstić information content (AvgIpc) is 3.16. The maximum Gasteiger partial charge on any atom is 0.128 e. The number of benzene rings is 2. The maximum absolute atomic E-state index is 9.85. The standard InChI is InChI=1S/C24H25N3O3/c28-22-9-8-20(23(29)15-22)16-25-26-17-21-7-6-19(14-18-4-2-1-3-5-18)24(21)27-10-12-30-13-11-27/h1-5,8-9,14-17,28-29H,6-7,10-13H2/b19-14+,25-16+,26-17-. The van der Waals surface area contributed by atoms with E-state index in [4.69, 9.17) is 4.74 Å². The Hall–Kier alpha value is -3.38. The van der Waals surface area contributed by atoms with E-state index in [1.54, 1.807) is 6.07 Å². The first-order valence-corrected chi connectivity index (χ1v) is 10.1. The van der Waals surface area contributed by atoms with Gasteiger partial charge in [-0.05, 0) is 47.8 Å². The number of phenols is 2. The summed E-state index contributed by atoms with van der Waals surface area (Å²) in [6.07, 6.45) is 7.42. The van der Waals surface area contributed by atoms with Gasteiger partial charge in [0.1, 0.15) is 11.5 Å². The van der Waals surface area contributed by atoms with Crippen molar-refractivity contribution in [2.75, 3.05) is 26.3 Å². The van der Waals surface area contributed by atoms with Crippen LogP contribution in [0.15, 0.2) is 75.6 Å². The molecule has 6 nitrogen and oxygen atoms in total. The largest absolute Gasteiger partial charge is 0.508 e. The quantitative estimate of drug-likeness (QED) is 0.585. The van der Waals surface area contributed by atoms with Crippen LogP contribution in [0, 0.1) is 0 Å². The van der Waals surface area contributed by atoms with Gasteiger partial charge >= 0.3 is 0 Å². The second-order valence-corrected chi connectivity index (χ2v) is 7.29. The van der Waals surface area contributed by atoms with Crippen LogP contribution in [0.4, 0.5) is 0 Å². The van der Waals surface area contributed by atoms with Gasteiger partial charge in [0.15, 0.2) is 0 Å². The van der Waals surface area contributed by atoms with Crippen LogP contribution in [0.2, 0.25) is 0 Å². The van der Waals surface area contributed by atoms with E-state index in [0.29, 0.717) is 5.56 Å². The molecule has 1 heterocycles. The monoisotopic (exact) mass is 403 g/mol. The Balaban J connectivity index is 1.59. The lowest BCUT2D eigenvalue weighted by Gasteiger charge is -2.31. The van der Waals surface area contributed by atoms with E-state index in [0.717, 1.165) is 44.7 Å². The third-order valence-corrected chi connectivity index (χ3v) is 5.23. The van der Waals surface area contributed by atoms with Crippen molar-refractivity contribution in [2.45, 2.75) is 12.8 Å². The van der Waals surface area contributed by atoms with Crippen molar-refractivity contribution in [3.05, 3.63) is 76.5 Å². The summed E-state index contributed by atoms with van der Waals surface area (Å²) in [6.45, 7) is 3.18. The normalized spacial score (nSPS) is 18.9. The Kier molecular flexibility index (Phi) is 6.25. The van der Waals surface area contributed by atoms with E-state index in [1.807, 2.05) is 12.3 Å². The van der Waals surface area contributed by atoms with Gasteiger partial charge < -0.3 is 19.8 Å². The Morgan fingerprint density at radius 2 is 1.67 bits per heavy atom. The Bertz CT molecular complexity index is 1000. The van der Waals surface area contributed by atoms with Gasteiger partial charge in [-0.25, -0.2) is 0 Å². The third kappa shape index (κ3) is 4.78. The van der Waals surface area contributed by atoms with Crippen molar-refractivity contribution >= 4 is 18.5 Å². The molecule has 0 saturated carbocycles. The molecule has 1 aliphatic carbocycles. The number of rotatable bonds is 5. The number of hydrogen-bond acceptors (Lipinski definition) is 6. The molecule has 0 aromatic heterocycles. The molecule has 0 radical (unpaired) electrons. The zero-order chi connectivity index (χ0) is 20.8. The first kappa shape index (κ1) is 19.9. The van der Waals surface area contributed by atoms with Gasteiger partial charge in [0, 0.05) is 30.4 Å². The number of nitrogens with zero attached hydrogens (tertiary/aromatic N) is 3. The van der Waals surface area contributed by atoms with Crippen molar-refractivity contribution in [3.8, 4) is 11.5 Å². The van der Waals surface area contributed by atoms with Crippen LogP contribution in [0.3, 0.4) is 0 Å². The molecule has 1 aliphatic heterocycles. The summed E-state index contributed by atoms with van der Waals surface area (Å²) in [7, 11) is 0. The van der Waals surface area contributed by atoms with Crippen LogP contribution in [-0.2, 0) is 4.74 Å². The summed E-state index contributed by atoms with van der Waals surface area (Å²) in [6, 6.07) is 14.7. The molecule has 0 amide bonds. The van der Waals surface area contributed by atoms with Gasteiger partial charge in [-0.3, -0.25) is 0 Å². The summed E-state index contributed by atoms with van der Waals surface area (Å²) in [5.41, 5.74) is 5.39. The van der Waals surface area contributed by atoms with Gasteiger partial charge in [0.05, 0.1) is 25.6 Å². The lowest BCUT2D eigenvalue weighted by atomic mass is 10.1. The SMILES string of the molecule is Oc1ccc(/C=N/N=C\C2=C(N3CCOCC3)C(=C/c3ccccc3)/CC2)c(O)c1. The van der Waals surface area contributed by atoms with Crippen LogP contribution in [-0.4, -0.2) is 53.8 Å². The highest BCUT2D eigenvalue weighted by atomic mass is 16.5. The molecule has 6 heteroatoms. The molecule has 30 heavy (non-hydrogen) atoms. The number of phenolic OH excluding ortho intramolecular Hbond substituents is 2. The van der Waals surface area contributed by atoms with Gasteiger partial charge in [-0.15, -0.1) is 0 Å². The van der Waals surface area contributed by atoms with E-state index in [9.17, 15) is 10.2 Å². The molecule has 2 aromatic rings. The van der Waals surface area contributed by atoms with Crippen molar-refractivity contribution in [3.63, 3.8) is 0 Å². The zero-order valence-corrected chi connectivity index (χ0v) is 16.7. The van der Waals surface area contributed by atoms with Crippen LogP contribution >= 0.6 is 0 Å². The molecule has 154 valence electrons. The van der Waals surface area contributed by atoms with Crippen LogP contribution < -0.4 is 0 Å². The van der Waals surface area contributed by atoms with Gasteiger partial charge in [-0.1, -0.05) is 30.3 Å². The minimum Gasteiger partial charge on any atom is -0.508 e. The summed E-state index contributed by atoms with van der Waals surface area (Å²) in [4.78, 5) is 2.38. The molecule has 1 fully saturated rings. The predicted octanol–water partition coefficient (Wildman–Crippen LogP) is 3.97. The Labute approximate surface area is 176 Å². The predicted molar refractivity (Wildman–Crippen MR) is 119 cm³/mol. The number of morpholine rings is 1. The molecule has 0 unspecified atom stereocenters. The van der Waals surface area contributed by atoms with Crippen LogP contribution in [0.25, 0.3) is 6.08 Å². The Morgan fingerprint density at radius 3 is 2.43 bits per heavy atom. The molecule has 0 atom stereocenters. The fourth-order valence-electron chi connectivity index (χ4n) is 3.76. The average molecular weight is 403 g/mol. The zero-order valence-electron chi connectivity index (χ0n) is 16.7. The third-order valence-electron chi connectivity index (χ3n) is 5.23. The molecule has 4 rings (SSSR count). The number of aromatic hydroxyl groups is 2. The van der Waals surface area contributed by atoms with E-state index < -0.39 is 0 Å². The molecule has 2 aromatic carbocycles. The second-order valence-electron chi connectivity index (χ2n) is 7.29. The number of allylic oxidation sites excluding steroid dienone is 2. The molecule has 0 bridgehead atoms. The molecular formula is C24H25N3O3. The van der Waals surface area contributed by atoms with E-state index in [-0.39, 0.29) is 11.5 Å². The Morgan fingerprint density at radius 1 is 0.900 bits per heavy atom. The van der Waals surface area contributed by atoms with Gasteiger partial charge in [0.25, 0.3) is 0 Å². The highest BCUT2D eigenvalue weighted by Gasteiger charge is 2.25. The van der Waals surface area contributed by atoms with E-state index in [2.05, 4.69) is 45.4 Å². The highest BCUT2D eigenvalue weighted by Crippen LogP contribution is 2.35. The molecule has 1 saturated heterocycles. The topological polar surface area (TPSA) is 77.7 Å². The van der Waals surface area contributed by atoms with E-state index in [1.165, 1.54) is 35.2 Å². The lowest BCUT2D eigenvalue weighted by Crippen LogP contribution is -2.36. The molecular weight excluding hydrogens is 378 g/mol. The highest BCUT2D eigenvalue weighted by molar-refractivity contribution is 5.86. The summed E-state index contributed by atoms with van der Waals surface area (Å²) in [5.74, 6) is -0.0201. The first-order valence-electron chi connectivity index (χ1n) is 10.1. The molecule has 0 spiro atoms. The summed E-state index contributed by atoms with van der Waals surface area (Å²) in [5, 5.41) is 27.5. The van der Waals surface area contributed by atoms with Gasteiger partial charge in [-0.2, -0.15) is 10.2 Å². The minimum absolute atomic E-state index is 0.0112. The smallest absolute Gasteiger partial charge is 0.128 e. The van der Waals surface area contributed by atoms with E-state index >= 15 is 0 Å². The van der Waals surface area contributed by atoms with Crippen molar-refractivity contribution in [1.29, 1.82) is 0 Å². The minimum atomic E-state index is -0.0314. The molecule has 2 N–H and O–H groups in total. The molecule has 2 aliphatic rings. The van der Waals surface area contributed by atoms with Crippen LogP contribution in [0.5, 0.6) is 11.5 Å². The second kappa shape index (κ2) is 9.41. The summed E-state index contributed by atoms with van der Waals surface area (Å²) < 4.78 is 5.53. The number of ether oxygens (including phenoxy) is 1. The maximum atomic E-state index is 9.85. The van der Waals surface area contributed by atoms with Crippen molar-refractivity contribution < 1.29 is 14.9 Å². The van der Waals surface area contributed by atoms with Crippen molar-refractivity contribution in [1.82, 2.24) is 4.90 Å². The lowest BCUT2D eigenvalue weighted by molar-refractivity contribution is 0.0548. The van der Waals surface area contributed by atoms with Crippen molar-refractivity contribution in [2.24, 2.45) is 10.2 Å². The van der Waals surface area contributed by atoms with Crippen LogP contribution in [0.1, 0.15) is 24.0 Å². The fourth-order valence-corrected chi connectivity index (χ4v) is 3.76. The summed E-state index contributed by atoms with van der Waals surface area (Å²) >= 11 is 0. The fraction of sp³-hybridized carbons (Fsp3) is 0.250.